The van der Waals surface area contributed by atoms with Gasteiger partial charge in [-0.25, -0.2) is 0 Å². The Labute approximate surface area is 60.1 Å². The molecule has 0 aromatic rings. The van der Waals surface area contributed by atoms with Crippen molar-refractivity contribution < 1.29 is 8.78 Å². The summed E-state index contributed by atoms with van der Waals surface area (Å²) < 4.78 is 24.8. The van der Waals surface area contributed by atoms with Crippen LogP contribution in [0.1, 0.15) is 12.8 Å². The summed E-state index contributed by atoms with van der Waals surface area (Å²) >= 11 is 0. The quantitative estimate of drug-likeness (QED) is 0.401. The molecule has 1 nitrogen and oxygen atoms in total. The molecule has 1 unspecified atom stereocenters. The second kappa shape index (κ2) is 3.24. The number of alkyl halides is 1. The number of nitrogens with zero attached hydrogens (tertiary/aromatic N) is 1. The third-order valence-electron chi connectivity index (χ3n) is 1.72. The van der Waals surface area contributed by atoms with Crippen molar-refractivity contribution in [2.24, 2.45) is 0 Å². The Bertz CT molecular complexity index is 134. The van der Waals surface area contributed by atoms with Crippen LogP contribution in [0.25, 0.3) is 0 Å². The summed E-state index contributed by atoms with van der Waals surface area (Å²) in [6.07, 6.45) is 0.365. The van der Waals surface area contributed by atoms with Gasteiger partial charge in [0.1, 0.15) is 0 Å². The molecule has 1 aliphatic heterocycles. The van der Waals surface area contributed by atoms with Crippen molar-refractivity contribution in [1.29, 1.82) is 0 Å². The van der Waals surface area contributed by atoms with Crippen LogP contribution in [-0.4, -0.2) is 37.5 Å². The Morgan fingerprint density at radius 2 is 1.90 bits per heavy atom. The number of hydrogen-bond donors (Lipinski definition) is 0. The molecule has 0 aliphatic carbocycles. The molecule has 0 aromatic heterocycles. The summed E-state index contributed by atoms with van der Waals surface area (Å²) in [5, 5.41) is 0. The van der Waals surface area contributed by atoms with E-state index in [0.717, 1.165) is 12.8 Å². The third kappa shape index (κ3) is 1.63. The number of halogens is 2. The molecule has 1 aliphatic rings. The first-order valence-corrected chi connectivity index (χ1v) is 3.44. The Morgan fingerprint density at radius 1 is 1.40 bits per heavy atom. The molecule has 0 bridgehead atoms. The maximum atomic E-state index is 12.7. The van der Waals surface area contributed by atoms with Gasteiger partial charge in [-0.05, 0) is 0 Å². The summed E-state index contributed by atoms with van der Waals surface area (Å²) in [4.78, 5) is 1.46. The molecular weight excluding hydrogens is 135 g/mol. The van der Waals surface area contributed by atoms with Crippen LogP contribution >= 0.6 is 0 Å². The number of hydrogen-bond acceptors (Lipinski definition) is 1. The zero-order valence-electron chi connectivity index (χ0n) is 5.82. The minimum absolute atomic E-state index is 0.657. The fourth-order valence-electron chi connectivity index (χ4n) is 1.17. The second-order valence-electron chi connectivity index (χ2n) is 2.53. The van der Waals surface area contributed by atoms with Crippen LogP contribution in [0.5, 0.6) is 0 Å². The van der Waals surface area contributed by atoms with Crippen molar-refractivity contribution >= 4 is 13.2 Å². The average Bonchev–Trinajstić information content (AvgIpc) is 2.36. The standard InChI is InChI=1S/C6H10BF2N/c7-5(8)6(9)10-3-1-2-4-10/h6-7H,1-4H2. The van der Waals surface area contributed by atoms with Gasteiger partial charge in [0.15, 0.2) is 0 Å². The van der Waals surface area contributed by atoms with E-state index in [0.29, 0.717) is 13.1 Å². The van der Waals surface area contributed by atoms with Crippen LogP contribution in [0.2, 0.25) is 0 Å². The van der Waals surface area contributed by atoms with Gasteiger partial charge >= 0.3 is 59.1 Å². The molecule has 10 heavy (non-hydrogen) atoms. The van der Waals surface area contributed by atoms with Gasteiger partial charge in [-0.3, -0.25) is 0 Å². The predicted octanol–water partition coefficient (Wildman–Crippen LogP) is 0.378. The van der Waals surface area contributed by atoms with Crippen molar-refractivity contribution in [3.63, 3.8) is 0 Å². The van der Waals surface area contributed by atoms with E-state index in [1.165, 1.54) is 4.90 Å². The first-order chi connectivity index (χ1) is 4.72. The summed E-state index contributed by atoms with van der Waals surface area (Å²) in [5.41, 5.74) is -0.873. The molecule has 0 spiro atoms. The fraction of sp³-hybridized carbons (Fsp3) is 0.833. The molecular formula is C6H10BF2N. The van der Waals surface area contributed by atoms with Gasteiger partial charge in [0, 0.05) is 0 Å². The molecule has 1 saturated heterocycles. The van der Waals surface area contributed by atoms with E-state index >= 15 is 0 Å². The Morgan fingerprint density at radius 3 is 2.30 bits per heavy atom. The van der Waals surface area contributed by atoms with Crippen molar-refractivity contribution in [1.82, 2.24) is 4.90 Å². The van der Waals surface area contributed by atoms with Crippen molar-refractivity contribution in [2.45, 2.75) is 19.1 Å². The molecule has 1 heterocycles. The van der Waals surface area contributed by atoms with Gasteiger partial charge in [-0.2, -0.15) is 0 Å². The van der Waals surface area contributed by atoms with E-state index in [2.05, 4.69) is 7.49 Å². The summed E-state index contributed by atoms with van der Waals surface area (Å²) in [7, 11) is 2.92. The first kappa shape index (κ1) is 7.86. The van der Waals surface area contributed by atoms with Crippen LogP contribution in [-0.2, 0) is 0 Å². The van der Waals surface area contributed by atoms with Crippen molar-refractivity contribution in [3.8, 4) is 0 Å². The molecule has 1 rings (SSSR count). The van der Waals surface area contributed by atoms with E-state index in [9.17, 15) is 8.78 Å². The molecule has 0 amide bonds. The normalized spacial score (nSPS) is 22.9. The SMILES string of the molecule is B=C(F)C(F)N1CCCC1. The summed E-state index contributed by atoms with van der Waals surface area (Å²) in [6, 6.07) is 0. The molecule has 1 atom stereocenters. The summed E-state index contributed by atoms with van der Waals surface area (Å²) in [6.45, 7) is 1.31. The average molecular weight is 145 g/mol. The van der Waals surface area contributed by atoms with Gasteiger partial charge < -0.3 is 0 Å². The van der Waals surface area contributed by atoms with E-state index in [-0.39, 0.29) is 0 Å². The van der Waals surface area contributed by atoms with Crippen molar-refractivity contribution in [3.05, 3.63) is 0 Å². The van der Waals surface area contributed by atoms with Gasteiger partial charge in [-0.15, -0.1) is 0 Å². The predicted molar refractivity (Wildman–Crippen MR) is 39.0 cm³/mol. The fourth-order valence-corrected chi connectivity index (χ4v) is 1.17. The molecule has 0 N–H and O–H groups in total. The topological polar surface area (TPSA) is 3.24 Å². The van der Waals surface area contributed by atoms with Crippen LogP contribution in [0.4, 0.5) is 8.78 Å². The second-order valence-corrected chi connectivity index (χ2v) is 2.53. The monoisotopic (exact) mass is 145 g/mol. The molecule has 0 aromatic carbocycles. The molecule has 1 fully saturated rings. The van der Waals surface area contributed by atoms with Crippen molar-refractivity contribution in [2.75, 3.05) is 13.1 Å². The van der Waals surface area contributed by atoms with Gasteiger partial charge in [0.05, 0.1) is 0 Å². The first-order valence-electron chi connectivity index (χ1n) is 3.44. The Kier molecular flexibility index (Phi) is 2.54. The van der Waals surface area contributed by atoms with Crippen LogP contribution < -0.4 is 0 Å². The Balaban J connectivity index is 2.39. The van der Waals surface area contributed by atoms with E-state index in [4.69, 9.17) is 0 Å². The molecule has 0 saturated carbocycles. The zero-order chi connectivity index (χ0) is 7.56. The van der Waals surface area contributed by atoms with Crippen LogP contribution in [0.3, 0.4) is 0 Å². The van der Waals surface area contributed by atoms with Gasteiger partial charge in [0.2, 0.25) is 0 Å². The van der Waals surface area contributed by atoms with Gasteiger partial charge in [-0.1, -0.05) is 0 Å². The van der Waals surface area contributed by atoms with E-state index in [1.807, 2.05) is 0 Å². The number of likely N-dealkylation sites (tertiary alicyclic amines) is 1. The summed E-state index contributed by atoms with van der Waals surface area (Å²) in [5.74, 6) is 0. The minimum atomic E-state index is -1.57. The molecule has 0 radical (unpaired) electrons. The van der Waals surface area contributed by atoms with Crippen LogP contribution in [0, 0.1) is 0 Å². The zero-order valence-corrected chi connectivity index (χ0v) is 5.82. The van der Waals surface area contributed by atoms with Gasteiger partial charge in [0.25, 0.3) is 0 Å². The maximum absolute atomic E-state index is 12.7. The van der Waals surface area contributed by atoms with E-state index in [1.54, 1.807) is 0 Å². The number of rotatable bonds is 2. The molecule has 4 heteroatoms. The Hall–Kier alpha value is -0.245. The van der Waals surface area contributed by atoms with E-state index < -0.39 is 12.0 Å². The molecule has 56 valence electrons. The third-order valence-corrected chi connectivity index (χ3v) is 1.72. The van der Waals surface area contributed by atoms with Crippen LogP contribution in [0.15, 0.2) is 0 Å².